The van der Waals surface area contributed by atoms with Crippen molar-refractivity contribution in [1.29, 1.82) is 0 Å². The van der Waals surface area contributed by atoms with Crippen molar-refractivity contribution in [3.63, 3.8) is 0 Å². The van der Waals surface area contributed by atoms with E-state index < -0.39 is 22.8 Å². The molecule has 0 saturated carbocycles. The van der Waals surface area contributed by atoms with E-state index in [0.717, 1.165) is 12.1 Å². The van der Waals surface area contributed by atoms with Gasteiger partial charge in [0.15, 0.2) is 5.43 Å². The summed E-state index contributed by atoms with van der Waals surface area (Å²) < 4.78 is 16.6. The first kappa shape index (κ1) is 15.1. The number of carboxylic acid groups (broad SMARTS) is 1. The SMILES string of the molecule is CC1CN(c2c(F)cc3c(=O)c(C(=O)[O-])cn4c3c2CC4)CCN1. The number of pyridine rings is 1. The lowest BCUT2D eigenvalue weighted by molar-refractivity contribution is -0.255. The maximum absolute atomic E-state index is 14.8. The number of nitrogens with one attached hydrogen (secondary N) is 1. The van der Waals surface area contributed by atoms with Gasteiger partial charge in [0.1, 0.15) is 5.82 Å². The van der Waals surface area contributed by atoms with Gasteiger partial charge in [-0.1, -0.05) is 0 Å². The monoisotopic (exact) mass is 330 g/mol. The molecule has 0 radical (unpaired) electrons. The Morgan fingerprint density at radius 3 is 2.92 bits per heavy atom. The summed E-state index contributed by atoms with van der Waals surface area (Å²) in [7, 11) is 0. The Hall–Kier alpha value is -2.41. The molecule has 2 aromatic rings. The van der Waals surface area contributed by atoms with Gasteiger partial charge >= 0.3 is 0 Å². The molecule has 1 aromatic carbocycles. The second kappa shape index (κ2) is 5.31. The third kappa shape index (κ3) is 2.11. The van der Waals surface area contributed by atoms with Gasteiger partial charge in [0, 0.05) is 49.4 Å². The molecule has 1 unspecified atom stereocenters. The zero-order valence-corrected chi connectivity index (χ0v) is 13.3. The van der Waals surface area contributed by atoms with Gasteiger partial charge in [0.2, 0.25) is 0 Å². The molecule has 1 aromatic heterocycles. The summed E-state index contributed by atoms with van der Waals surface area (Å²) >= 11 is 0. The van der Waals surface area contributed by atoms with Gasteiger partial charge in [0.25, 0.3) is 0 Å². The average Bonchev–Trinajstić information content (AvgIpc) is 2.94. The first-order valence-electron chi connectivity index (χ1n) is 8.05. The fourth-order valence-electron chi connectivity index (χ4n) is 3.88. The van der Waals surface area contributed by atoms with E-state index in [0.29, 0.717) is 37.3 Å². The van der Waals surface area contributed by atoms with Crippen LogP contribution >= 0.6 is 0 Å². The number of carboxylic acids is 1. The Balaban J connectivity index is 1.97. The van der Waals surface area contributed by atoms with E-state index in [1.165, 1.54) is 12.3 Å². The predicted molar refractivity (Wildman–Crippen MR) is 85.9 cm³/mol. The number of nitrogens with zero attached hydrogens (tertiary/aromatic N) is 2. The number of carbonyl (C=O) groups is 1. The minimum absolute atomic E-state index is 0.119. The highest BCUT2D eigenvalue weighted by Gasteiger charge is 2.28. The molecule has 3 heterocycles. The van der Waals surface area contributed by atoms with Crippen molar-refractivity contribution in [2.24, 2.45) is 0 Å². The van der Waals surface area contributed by atoms with Crippen LogP contribution in [-0.2, 0) is 13.0 Å². The van der Waals surface area contributed by atoms with Crippen LogP contribution in [0.3, 0.4) is 0 Å². The van der Waals surface area contributed by atoms with Crippen LogP contribution in [0.2, 0.25) is 0 Å². The van der Waals surface area contributed by atoms with Gasteiger partial charge in [-0.25, -0.2) is 4.39 Å². The number of hydrogen-bond donors (Lipinski definition) is 1. The van der Waals surface area contributed by atoms with E-state index in [1.54, 1.807) is 4.57 Å². The fraction of sp³-hybridized carbons (Fsp3) is 0.412. The quantitative estimate of drug-likeness (QED) is 0.829. The fourth-order valence-corrected chi connectivity index (χ4v) is 3.88. The summed E-state index contributed by atoms with van der Waals surface area (Å²) in [6.45, 7) is 4.74. The molecular formula is C17H17FN3O3-. The van der Waals surface area contributed by atoms with Crippen LogP contribution in [0.5, 0.6) is 0 Å². The van der Waals surface area contributed by atoms with E-state index in [1.807, 2.05) is 11.8 Å². The number of carbonyl (C=O) groups excluding carboxylic acids is 1. The minimum Gasteiger partial charge on any atom is -0.545 e. The predicted octanol–water partition coefficient (Wildman–Crippen LogP) is -0.142. The Bertz CT molecular complexity index is 922. The smallest absolute Gasteiger partial charge is 0.198 e. The van der Waals surface area contributed by atoms with E-state index in [-0.39, 0.29) is 11.4 Å². The second-order valence-electron chi connectivity index (χ2n) is 6.49. The van der Waals surface area contributed by atoms with E-state index in [4.69, 9.17) is 0 Å². The van der Waals surface area contributed by atoms with Gasteiger partial charge in [-0.05, 0) is 19.4 Å². The topological polar surface area (TPSA) is 77.4 Å². The van der Waals surface area contributed by atoms with Crippen LogP contribution in [0.1, 0.15) is 22.8 Å². The van der Waals surface area contributed by atoms with Crippen molar-refractivity contribution in [2.45, 2.75) is 25.9 Å². The number of benzene rings is 1. The van der Waals surface area contributed by atoms with Crippen molar-refractivity contribution < 1.29 is 14.3 Å². The van der Waals surface area contributed by atoms with Crippen LogP contribution in [0, 0.1) is 5.82 Å². The van der Waals surface area contributed by atoms with Crippen molar-refractivity contribution >= 4 is 22.6 Å². The van der Waals surface area contributed by atoms with Crippen molar-refractivity contribution in [1.82, 2.24) is 9.88 Å². The molecule has 1 fully saturated rings. The summed E-state index contributed by atoms with van der Waals surface area (Å²) in [5.41, 5.74) is 0.887. The summed E-state index contributed by atoms with van der Waals surface area (Å²) in [5, 5.41) is 14.6. The largest absolute Gasteiger partial charge is 0.545 e. The molecular weight excluding hydrogens is 313 g/mol. The molecule has 24 heavy (non-hydrogen) atoms. The van der Waals surface area contributed by atoms with Crippen molar-refractivity contribution in [3.8, 4) is 0 Å². The number of hydrogen-bond acceptors (Lipinski definition) is 5. The molecule has 0 spiro atoms. The van der Waals surface area contributed by atoms with E-state index in [9.17, 15) is 19.1 Å². The lowest BCUT2D eigenvalue weighted by atomic mass is 10.0. The lowest BCUT2D eigenvalue weighted by Gasteiger charge is -2.35. The molecule has 2 aliphatic heterocycles. The summed E-state index contributed by atoms with van der Waals surface area (Å²) in [6.07, 6.45) is 1.90. The van der Waals surface area contributed by atoms with Gasteiger partial charge in [-0.15, -0.1) is 0 Å². The number of halogens is 1. The first-order chi connectivity index (χ1) is 11.5. The number of aromatic carboxylic acids is 1. The van der Waals surface area contributed by atoms with Crippen LogP contribution in [0.25, 0.3) is 10.9 Å². The zero-order valence-electron chi connectivity index (χ0n) is 13.3. The first-order valence-corrected chi connectivity index (χ1v) is 8.05. The van der Waals surface area contributed by atoms with Crippen LogP contribution in [0.15, 0.2) is 17.1 Å². The number of aromatic nitrogens is 1. The standard InChI is InChI=1S/C17H18FN3O3/c1-9-7-21(5-3-19-9)15-10-2-4-20-8-12(17(23)24)16(22)11(14(10)20)6-13(15)18/h6,8-9,19H,2-5,7H2,1H3,(H,23,24)/p-1. The number of aryl methyl sites for hydroxylation is 2. The number of anilines is 1. The Morgan fingerprint density at radius 2 is 2.21 bits per heavy atom. The van der Waals surface area contributed by atoms with Crippen molar-refractivity contribution in [2.75, 3.05) is 24.5 Å². The molecule has 7 heteroatoms. The molecule has 0 aliphatic carbocycles. The second-order valence-corrected chi connectivity index (χ2v) is 6.49. The third-order valence-electron chi connectivity index (χ3n) is 4.89. The van der Waals surface area contributed by atoms with E-state index >= 15 is 0 Å². The van der Waals surface area contributed by atoms with Gasteiger partial charge in [-0.2, -0.15) is 0 Å². The molecule has 1 N–H and O–H groups in total. The maximum Gasteiger partial charge on any atom is 0.198 e. The molecule has 0 amide bonds. The highest BCUT2D eigenvalue weighted by atomic mass is 19.1. The Labute approximate surface area is 137 Å². The average molecular weight is 330 g/mol. The number of rotatable bonds is 2. The summed E-state index contributed by atoms with van der Waals surface area (Å²) in [4.78, 5) is 25.5. The highest BCUT2D eigenvalue weighted by molar-refractivity contribution is 5.95. The summed E-state index contributed by atoms with van der Waals surface area (Å²) in [5.74, 6) is -1.99. The highest BCUT2D eigenvalue weighted by Crippen LogP contribution is 2.35. The molecule has 0 bridgehead atoms. The molecule has 6 nitrogen and oxygen atoms in total. The zero-order chi connectivity index (χ0) is 17.0. The molecule has 1 saturated heterocycles. The van der Waals surface area contributed by atoms with Gasteiger partial charge in [-0.3, -0.25) is 4.79 Å². The van der Waals surface area contributed by atoms with Crippen LogP contribution < -0.4 is 20.8 Å². The molecule has 126 valence electrons. The molecule has 2 aliphatic rings. The molecule has 1 atom stereocenters. The Kier molecular flexibility index (Phi) is 3.35. The van der Waals surface area contributed by atoms with Crippen LogP contribution in [-0.4, -0.2) is 36.2 Å². The third-order valence-corrected chi connectivity index (χ3v) is 4.89. The lowest BCUT2D eigenvalue weighted by Crippen LogP contribution is -2.49. The van der Waals surface area contributed by atoms with Crippen molar-refractivity contribution in [3.05, 3.63) is 39.4 Å². The number of piperazine rings is 1. The minimum atomic E-state index is -1.53. The Morgan fingerprint density at radius 1 is 1.42 bits per heavy atom. The van der Waals surface area contributed by atoms with E-state index in [2.05, 4.69) is 5.32 Å². The van der Waals surface area contributed by atoms with Crippen LogP contribution in [0.4, 0.5) is 10.1 Å². The van der Waals surface area contributed by atoms with Gasteiger partial charge < -0.3 is 24.7 Å². The maximum atomic E-state index is 14.8. The van der Waals surface area contributed by atoms with Gasteiger partial charge in [0.05, 0.1) is 22.7 Å². The normalized spacial score (nSPS) is 19.9. The molecule has 4 rings (SSSR count). The summed E-state index contributed by atoms with van der Waals surface area (Å²) in [6, 6.07) is 1.43.